The minimum atomic E-state index is -0.318. The summed E-state index contributed by atoms with van der Waals surface area (Å²) in [4.78, 5) is 11.6. The maximum Gasteiger partial charge on any atom is 0.338 e. The molecule has 0 aliphatic carbocycles. The lowest BCUT2D eigenvalue weighted by Crippen LogP contribution is -2.17. The first kappa shape index (κ1) is 11.9. The third-order valence-electron chi connectivity index (χ3n) is 2.93. The van der Waals surface area contributed by atoms with E-state index in [1.165, 1.54) is 7.11 Å². The average Bonchev–Trinajstić information content (AvgIpc) is 2.58. The largest absolute Gasteiger partial charge is 0.465 e. The highest BCUT2D eigenvalue weighted by Crippen LogP contribution is 2.29. The molecule has 0 bridgehead atoms. The van der Waals surface area contributed by atoms with Gasteiger partial charge in [0.15, 0.2) is 6.29 Å². The number of benzene rings is 1. The van der Waals surface area contributed by atoms with Gasteiger partial charge < -0.3 is 14.2 Å². The molecule has 0 spiro atoms. The highest BCUT2D eigenvalue weighted by Gasteiger charge is 2.22. The third kappa shape index (κ3) is 2.42. The summed E-state index contributed by atoms with van der Waals surface area (Å²) in [6.45, 7) is 0. The van der Waals surface area contributed by atoms with Crippen LogP contribution in [0.15, 0.2) is 18.2 Å². The molecule has 1 aromatic carbocycles. The van der Waals surface area contributed by atoms with E-state index >= 15 is 0 Å². The molecule has 17 heavy (non-hydrogen) atoms. The zero-order valence-electron chi connectivity index (χ0n) is 10.1. The van der Waals surface area contributed by atoms with Crippen LogP contribution in [-0.4, -0.2) is 26.5 Å². The van der Waals surface area contributed by atoms with Crippen molar-refractivity contribution in [3.05, 3.63) is 29.3 Å². The van der Waals surface area contributed by atoms with Gasteiger partial charge in [-0.05, 0) is 25.0 Å². The Hall–Kier alpha value is -1.55. The van der Waals surface area contributed by atoms with Crippen LogP contribution in [0.2, 0.25) is 0 Å². The summed E-state index contributed by atoms with van der Waals surface area (Å²) in [6, 6.07) is 5.42. The molecular weight excluding hydrogens is 220 g/mol. The molecule has 1 aliphatic heterocycles. The van der Waals surface area contributed by atoms with Crippen LogP contribution in [0, 0.1) is 0 Å². The summed E-state index contributed by atoms with van der Waals surface area (Å²) in [6.07, 6.45) is 2.33. The normalized spacial score (nSPS) is 18.8. The molecule has 1 unspecified atom stereocenters. The molecule has 0 N–H and O–H groups in total. The molecule has 0 aromatic heterocycles. The molecule has 0 saturated carbocycles. The third-order valence-corrected chi connectivity index (χ3v) is 2.93. The Morgan fingerprint density at radius 1 is 1.41 bits per heavy atom. The molecule has 4 heteroatoms. The number of esters is 1. The van der Waals surface area contributed by atoms with E-state index in [4.69, 9.17) is 14.2 Å². The second kappa shape index (κ2) is 5.19. The zero-order valence-corrected chi connectivity index (χ0v) is 10.1. The van der Waals surface area contributed by atoms with Gasteiger partial charge in [0.2, 0.25) is 0 Å². The lowest BCUT2D eigenvalue weighted by atomic mass is 10.0. The Morgan fingerprint density at radius 3 is 2.94 bits per heavy atom. The highest BCUT2D eigenvalue weighted by molar-refractivity contribution is 5.91. The number of hydrogen-bond acceptors (Lipinski definition) is 4. The number of carbonyl (C=O) groups is 1. The summed E-state index contributed by atoms with van der Waals surface area (Å²) in [7, 11) is 3.01. The summed E-state index contributed by atoms with van der Waals surface area (Å²) in [5.41, 5.74) is 1.50. The Morgan fingerprint density at radius 2 is 2.24 bits per heavy atom. The topological polar surface area (TPSA) is 44.8 Å². The smallest absolute Gasteiger partial charge is 0.338 e. The van der Waals surface area contributed by atoms with Crippen LogP contribution in [0.3, 0.4) is 0 Å². The first-order valence-electron chi connectivity index (χ1n) is 5.66. The van der Waals surface area contributed by atoms with Crippen LogP contribution < -0.4 is 4.74 Å². The van der Waals surface area contributed by atoms with Crippen molar-refractivity contribution in [1.29, 1.82) is 0 Å². The Balaban J connectivity index is 2.37. The minimum absolute atomic E-state index is 0.232. The predicted octanol–water partition coefficient (Wildman–Crippen LogP) is 2.16. The van der Waals surface area contributed by atoms with E-state index in [1.54, 1.807) is 19.2 Å². The predicted molar refractivity (Wildman–Crippen MR) is 62.1 cm³/mol. The molecule has 1 atom stereocenters. The van der Waals surface area contributed by atoms with Crippen molar-refractivity contribution in [1.82, 2.24) is 0 Å². The summed E-state index contributed by atoms with van der Waals surface area (Å²) >= 11 is 0. The molecule has 2 rings (SSSR count). The minimum Gasteiger partial charge on any atom is -0.465 e. The number of carbonyl (C=O) groups excluding carboxylic acids is 1. The monoisotopic (exact) mass is 236 g/mol. The lowest BCUT2D eigenvalue weighted by molar-refractivity contribution is -0.0561. The highest BCUT2D eigenvalue weighted by atomic mass is 16.7. The molecule has 1 heterocycles. The molecule has 4 nitrogen and oxygen atoms in total. The molecule has 0 radical (unpaired) electrons. The van der Waals surface area contributed by atoms with Crippen LogP contribution in [0.1, 0.15) is 28.8 Å². The summed E-state index contributed by atoms with van der Waals surface area (Å²) < 4.78 is 15.7. The van der Waals surface area contributed by atoms with Crippen molar-refractivity contribution in [3.63, 3.8) is 0 Å². The van der Waals surface area contributed by atoms with Crippen molar-refractivity contribution in [2.24, 2.45) is 0 Å². The van der Waals surface area contributed by atoms with Gasteiger partial charge >= 0.3 is 5.97 Å². The van der Waals surface area contributed by atoms with Crippen molar-refractivity contribution in [2.45, 2.75) is 25.6 Å². The van der Waals surface area contributed by atoms with Gasteiger partial charge in [0.25, 0.3) is 0 Å². The van der Waals surface area contributed by atoms with Crippen LogP contribution >= 0.6 is 0 Å². The van der Waals surface area contributed by atoms with Gasteiger partial charge in [0, 0.05) is 19.1 Å². The Kier molecular flexibility index (Phi) is 3.64. The molecular formula is C13H16O4. The Bertz CT molecular complexity index is 414. The molecule has 92 valence electrons. The number of fused-ring (bicyclic) bond motifs is 1. The zero-order chi connectivity index (χ0) is 12.3. The Labute approximate surface area is 100 Å². The van der Waals surface area contributed by atoms with Crippen molar-refractivity contribution >= 4 is 5.97 Å². The van der Waals surface area contributed by atoms with Gasteiger partial charge in [0.05, 0.1) is 12.7 Å². The van der Waals surface area contributed by atoms with Gasteiger partial charge in [-0.1, -0.05) is 6.07 Å². The van der Waals surface area contributed by atoms with Gasteiger partial charge in [-0.15, -0.1) is 0 Å². The quantitative estimate of drug-likeness (QED) is 0.738. The van der Waals surface area contributed by atoms with Crippen molar-refractivity contribution in [3.8, 4) is 5.75 Å². The number of ether oxygens (including phenoxy) is 3. The fourth-order valence-electron chi connectivity index (χ4n) is 2.05. The second-order valence-electron chi connectivity index (χ2n) is 3.95. The maximum absolute atomic E-state index is 11.6. The number of methoxy groups -OCH3 is 2. The number of hydrogen-bond donors (Lipinski definition) is 0. The van der Waals surface area contributed by atoms with Crippen LogP contribution in [0.4, 0.5) is 0 Å². The van der Waals surface area contributed by atoms with Gasteiger partial charge in [-0.25, -0.2) is 4.79 Å². The van der Waals surface area contributed by atoms with E-state index in [0.29, 0.717) is 5.56 Å². The lowest BCUT2D eigenvalue weighted by Gasteiger charge is -2.16. The fraction of sp³-hybridized carbons (Fsp3) is 0.462. The average molecular weight is 236 g/mol. The van der Waals surface area contributed by atoms with Gasteiger partial charge in [0.1, 0.15) is 5.75 Å². The molecule has 0 amide bonds. The maximum atomic E-state index is 11.6. The van der Waals surface area contributed by atoms with E-state index < -0.39 is 0 Å². The van der Waals surface area contributed by atoms with Crippen LogP contribution in [-0.2, 0) is 15.9 Å². The summed E-state index contributed by atoms with van der Waals surface area (Å²) in [5, 5.41) is 0. The van der Waals surface area contributed by atoms with Gasteiger partial charge in [-0.3, -0.25) is 0 Å². The van der Waals surface area contributed by atoms with E-state index in [-0.39, 0.29) is 12.3 Å². The van der Waals surface area contributed by atoms with Gasteiger partial charge in [-0.2, -0.15) is 0 Å². The standard InChI is InChI=1S/C13H16O4/c1-15-12-8-4-5-9-10(13(14)16-2)6-3-7-11(9)17-12/h3,6-7,12H,4-5,8H2,1-2H3. The second-order valence-corrected chi connectivity index (χ2v) is 3.95. The van der Waals surface area contributed by atoms with Crippen LogP contribution in [0.5, 0.6) is 5.75 Å². The molecule has 0 saturated heterocycles. The van der Waals surface area contributed by atoms with E-state index in [2.05, 4.69) is 0 Å². The first-order valence-corrected chi connectivity index (χ1v) is 5.66. The SMILES string of the molecule is COC(=O)c1cccc2c1CCCC(OC)O2. The van der Waals surface area contributed by atoms with Crippen LogP contribution in [0.25, 0.3) is 0 Å². The first-order chi connectivity index (χ1) is 8.26. The van der Waals surface area contributed by atoms with Crippen molar-refractivity contribution in [2.75, 3.05) is 14.2 Å². The molecule has 1 aromatic rings. The summed E-state index contributed by atoms with van der Waals surface area (Å²) in [5.74, 6) is 0.401. The number of rotatable bonds is 2. The molecule has 0 fully saturated rings. The fourth-order valence-corrected chi connectivity index (χ4v) is 2.05. The van der Waals surface area contributed by atoms with Crippen molar-refractivity contribution < 1.29 is 19.0 Å². The van der Waals surface area contributed by atoms with E-state index in [1.807, 2.05) is 6.07 Å². The van der Waals surface area contributed by atoms with E-state index in [9.17, 15) is 4.79 Å². The molecule has 1 aliphatic rings. The van der Waals surface area contributed by atoms with E-state index in [0.717, 1.165) is 30.6 Å².